The molecule has 2 nitrogen and oxygen atoms in total. The van der Waals surface area contributed by atoms with Gasteiger partial charge in [-0.05, 0) is 11.8 Å². The first-order valence-electron chi connectivity index (χ1n) is 9.69. The predicted molar refractivity (Wildman–Crippen MR) is 109 cm³/mol. The molecule has 0 bridgehead atoms. The zero-order chi connectivity index (χ0) is 20.0. The van der Waals surface area contributed by atoms with Crippen LogP contribution in [0.25, 0.3) is 0 Å². The number of Topliss-reactive ketones (excluding diaryl/α,β-unsaturated/α-hetero) is 2. The van der Waals surface area contributed by atoms with Crippen molar-refractivity contribution in [2.75, 3.05) is 0 Å². The van der Waals surface area contributed by atoms with Crippen molar-refractivity contribution in [3.63, 3.8) is 0 Å². The average molecular weight is 518 g/mol. The molecular formula is C22H44O2Y2-4. The maximum absolute atomic E-state index is 10.9. The topological polar surface area (TPSA) is 34.1 Å². The van der Waals surface area contributed by atoms with E-state index in [-0.39, 0.29) is 88.8 Å². The van der Waals surface area contributed by atoms with Gasteiger partial charge < -0.3 is 36.3 Å². The molecule has 0 aromatic heterocycles. The molecule has 0 saturated heterocycles. The molecule has 4 heteroatoms. The third-order valence-corrected chi connectivity index (χ3v) is 2.74. The number of carbonyl (C=O) groups excluding carboxylic acids is 2. The zero-order valence-corrected chi connectivity index (χ0v) is 24.6. The Balaban J connectivity index is -0.0000000604. The fourth-order valence-corrected chi connectivity index (χ4v) is 1.25. The summed E-state index contributed by atoms with van der Waals surface area (Å²) in [6.07, 6.45) is 9.22. The van der Waals surface area contributed by atoms with Gasteiger partial charge in [0.25, 0.3) is 0 Å². The largest absolute Gasteiger partial charge is 0.343 e. The van der Waals surface area contributed by atoms with Gasteiger partial charge >= 0.3 is 0 Å². The summed E-state index contributed by atoms with van der Waals surface area (Å²) in [5.41, 5.74) is 0. The Bertz CT molecular complexity index is 227. The van der Waals surface area contributed by atoms with Gasteiger partial charge in [-0.1, -0.05) is 55.4 Å². The van der Waals surface area contributed by atoms with E-state index in [0.29, 0.717) is 0 Å². The summed E-state index contributed by atoms with van der Waals surface area (Å²) in [6.45, 7) is 23.1. The first-order valence-corrected chi connectivity index (χ1v) is 9.69. The van der Waals surface area contributed by atoms with Crippen LogP contribution in [-0.2, 0) is 75.0 Å². The molecule has 2 radical (unpaired) electrons. The molecule has 0 saturated carbocycles. The van der Waals surface area contributed by atoms with Crippen LogP contribution >= 0.6 is 0 Å². The first-order chi connectivity index (χ1) is 11.4. The first kappa shape index (κ1) is 41.6. The van der Waals surface area contributed by atoms with Crippen molar-refractivity contribution in [2.24, 2.45) is 11.8 Å². The van der Waals surface area contributed by atoms with E-state index in [1.165, 1.54) is 0 Å². The van der Waals surface area contributed by atoms with Crippen LogP contribution < -0.4 is 0 Å². The van der Waals surface area contributed by atoms with Gasteiger partial charge in [0.1, 0.15) is 0 Å². The molecule has 0 aliphatic carbocycles. The van der Waals surface area contributed by atoms with E-state index in [2.05, 4.69) is 13.8 Å². The zero-order valence-electron chi connectivity index (χ0n) is 18.9. The molecule has 0 rings (SSSR count). The smallest absolute Gasteiger partial charge is 0.00138 e. The van der Waals surface area contributed by atoms with E-state index < -0.39 is 0 Å². The number of hydrogen-bond donors (Lipinski definition) is 0. The minimum Gasteiger partial charge on any atom is -0.343 e. The van der Waals surface area contributed by atoms with E-state index >= 15 is 0 Å². The summed E-state index contributed by atoms with van der Waals surface area (Å²) in [5, 5.41) is 0. The van der Waals surface area contributed by atoms with Gasteiger partial charge in [-0.2, -0.15) is 25.7 Å². The van der Waals surface area contributed by atoms with E-state index in [4.69, 9.17) is 0 Å². The second-order valence-corrected chi connectivity index (χ2v) is 5.51. The van der Waals surface area contributed by atoms with Gasteiger partial charge in [0.2, 0.25) is 0 Å². The quantitative estimate of drug-likeness (QED) is 0.233. The van der Waals surface area contributed by atoms with E-state index in [9.17, 15) is 9.59 Å². The Kier molecular flexibility index (Phi) is 59.4. The van der Waals surface area contributed by atoms with Crippen LogP contribution in [0, 0.1) is 38.5 Å². The molecule has 0 spiro atoms. The van der Waals surface area contributed by atoms with E-state index in [1.807, 2.05) is 55.4 Å². The molecule has 0 N–H and O–H groups in total. The number of unbranched alkanes of at least 4 members (excludes halogenated alkanes) is 4. The van der Waals surface area contributed by atoms with Crippen molar-refractivity contribution in [2.45, 2.75) is 93.9 Å². The Labute approximate surface area is 217 Å². The minimum absolute atomic E-state index is 0. The maximum Gasteiger partial charge on any atom is 0.00138 e. The number of hydrogen-bond acceptors (Lipinski definition) is 2. The number of carbonyl (C=O) groups is 2. The Morgan fingerprint density at radius 3 is 1.08 bits per heavy atom. The normalized spacial score (nSPS) is 8.15. The summed E-state index contributed by atoms with van der Waals surface area (Å²) in [5.74, 6) is 0.830. The van der Waals surface area contributed by atoms with Crippen molar-refractivity contribution >= 4 is 11.6 Å². The van der Waals surface area contributed by atoms with Crippen molar-refractivity contribution in [3.8, 4) is 0 Å². The second-order valence-electron chi connectivity index (χ2n) is 5.51. The third kappa shape index (κ3) is 40.1. The summed E-state index contributed by atoms with van der Waals surface area (Å²) in [6, 6.07) is 0. The second kappa shape index (κ2) is 37.1. The molecule has 0 amide bonds. The average Bonchev–Trinajstić information content (AvgIpc) is 2.59. The standard InChI is InChI=1S/2C9H16O.2C2H6.2Y/c2*1-4-5-6-7-9(10)8(2)3;2*1-2;;/h2*7-8H,1,4-6H2,2-3H3;2*1-2H3;;/q2*-2;;;;. The van der Waals surface area contributed by atoms with Gasteiger partial charge in [0.05, 0.1) is 0 Å². The van der Waals surface area contributed by atoms with Crippen molar-refractivity contribution in [3.05, 3.63) is 26.7 Å². The van der Waals surface area contributed by atoms with Crippen LogP contribution in [0.15, 0.2) is 0 Å². The van der Waals surface area contributed by atoms with E-state index in [0.717, 1.165) is 38.5 Å². The summed E-state index contributed by atoms with van der Waals surface area (Å²) in [4.78, 5) is 21.9. The Hall–Kier alpha value is 1.29. The molecule has 26 heavy (non-hydrogen) atoms. The van der Waals surface area contributed by atoms with Crippen LogP contribution in [-0.4, -0.2) is 11.6 Å². The summed E-state index contributed by atoms with van der Waals surface area (Å²) >= 11 is 0. The number of ketones is 2. The monoisotopic (exact) mass is 518 g/mol. The fraction of sp³-hybridized carbons (Fsp3) is 0.727. The predicted octanol–water partition coefficient (Wildman–Crippen LogP) is 6.89. The molecule has 0 unspecified atom stereocenters. The molecule has 0 aliphatic rings. The molecule has 154 valence electrons. The minimum atomic E-state index is 0. The summed E-state index contributed by atoms with van der Waals surface area (Å²) < 4.78 is 0. The molecule has 0 aromatic carbocycles. The molecule has 0 aromatic rings. The fourth-order valence-electron chi connectivity index (χ4n) is 1.25. The third-order valence-electron chi connectivity index (χ3n) is 2.74. The van der Waals surface area contributed by atoms with Crippen LogP contribution in [0.1, 0.15) is 93.9 Å². The maximum atomic E-state index is 10.9. The van der Waals surface area contributed by atoms with Crippen molar-refractivity contribution < 1.29 is 75.0 Å². The van der Waals surface area contributed by atoms with Crippen LogP contribution in [0.3, 0.4) is 0 Å². The van der Waals surface area contributed by atoms with Crippen molar-refractivity contribution in [1.82, 2.24) is 0 Å². The van der Waals surface area contributed by atoms with Crippen molar-refractivity contribution in [1.29, 1.82) is 0 Å². The van der Waals surface area contributed by atoms with Crippen LogP contribution in [0.4, 0.5) is 0 Å². The van der Waals surface area contributed by atoms with Crippen LogP contribution in [0.5, 0.6) is 0 Å². The van der Waals surface area contributed by atoms with Gasteiger partial charge in [-0.25, -0.2) is 0 Å². The SMILES string of the molecule is CC.CC.[CH2-]CCC[CH-]C(=O)C(C)C.[CH2-]CCC[CH-]C(=O)C(C)C.[Y].[Y]. The Morgan fingerprint density at radius 1 is 0.692 bits per heavy atom. The molecule has 0 fully saturated rings. The van der Waals surface area contributed by atoms with Gasteiger partial charge in [0, 0.05) is 77.0 Å². The number of rotatable bonds is 10. The van der Waals surface area contributed by atoms with Gasteiger partial charge in [-0.3, -0.25) is 0 Å². The molecule has 0 aliphatic heterocycles. The van der Waals surface area contributed by atoms with Gasteiger partial charge in [0.15, 0.2) is 0 Å². The van der Waals surface area contributed by atoms with Crippen LogP contribution in [0.2, 0.25) is 0 Å². The molecule has 0 heterocycles. The van der Waals surface area contributed by atoms with E-state index in [1.54, 1.807) is 12.8 Å². The molecule has 0 atom stereocenters. The molecular weight excluding hydrogens is 474 g/mol. The Morgan fingerprint density at radius 2 is 0.923 bits per heavy atom. The summed E-state index contributed by atoms with van der Waals surface area (Å²) in [7, 11) is 0. The van der Waals surface area contributed by atoms with Gasteiger partial charge in [-0.15, -0.1) is 12.8 Å².